The summed E-state index contributed by atoms with van der Waals surface area (Å²) in [6, 6.07) is 38.5. The summed E-state index contributed by atoms with van der Waals surface area (Å²) in [7, 11) is 0. The SMILES string of the molecule is O=C(Nc1ccc(SC(C(=O)Nc2ccc(I)cc2)c2ccccc2)cc1)/C(=C/c1ccccc1F)NC(=O)c1ccccc1. The fourth-order valence-corrected chi connectivity index (χ4v) is 5.67. The van der Waals surface area contributed by atoms with E-state index in [1.165, 1.54) is 30.0 Å². The third kappa shape index (κ3) is 8.90. The molecule has 3 amide bonds. The lowest BCUT2D eigenvalue weighted by Crippen LogP contribution is -2.30. The number of amides is 3. The van der Waals surface area contributed by atoms with Crippen LogP contribution in [0.2, 0.25) is 0 Å². The maximum Gasteiger partial charge on any atom is 0.272 e. The molecular formula is C36H27FIN3O3S. The molecule has 0 aliphatic carbocycles. The first-order chi connectivity index (χ1) is 21.9. The van der Waals surface area contributed by atoms with Crippen molar-refractivity contribution in [1.82, 2.24) is 5.32 Å². The Morgan fingerprint density at radius 3 is 1.93 bits per heavy atom. The normalized spacial score (nSPS) is 11.7. The standard InChI is InChI=1S/C36H27FIN3O3S/c37-31-14-8-7-13-26(31)23-32(41-34(42)25-11-5-2-6-12-25)35(43)39-29-19-21-30(22-20-29)45-33(24-9-3-1-4-10-24)36(44)40-28-17-15-27(38)16-18-28/h1-23,33H,(H,39,43)(H,40,44)(H,41,42)/b32-23-. The highest BCUT2D eigenvalue weighted by molar-refractivity contribution is 14.1. The summed E-state index contributed by atoms with van der Waals surface area (Å²) in [5.74, 6) is -1.82. The van der Waals surface area contributed by atoms with E-state index in [4.69, 9.17) is 0 Å². The highest BCUT2D eigenvalue weighted by Gasteiger charge is 2.22. The van der Waals surface area contributed by atoms with Gasteiger partial charge in [-0.05, 0) is 101 Å². The van der Waals surface area contributed by atoms with E-state index >= 15 is 0 Å². The molecular weight excluding hydrogens is 700 g/mol. The molecule has 0 radical (unpaired) electrons. The van der Waals surface area contributed by atoms with Gasteiger partial charge in [0.1, 0.15) is 16.8 Å². The smallest absolute Gasteiger partial charge is 0.272 e. The zero-order chi connectivity index (χ0) is 31.6. The van der Waals surface area contributed by atoms with Crippen LogP contribution in [0.1, 0.15) is 26.7 Å². The summed E-state index contributed by atoms with van der Waals surface area (Å²) >= 11 is 3.59. The molecule has 0 aliphatic rings. The molecule has 224 valence electrons. The highest BCUT2D eigenvalue weighted by Crippen LogP contribution is 2.37. The molecule has 0 aliphatic heterocycles. The second kappa shape index (κ2) is 15.3. The lowest BCUT2D eigenvalue weighted by molar-refractivity contribution is -0.116. The molecule has 5 rings (SSSR count). The number of halogens is 2. The molecule has 1 atom stereocenters. The Bertz CT molecular complexity index is 1820. The molecule has 45 heavy (non-hydrogen) atoms. The molecule has 6 nitrogen and oxygen atoms in total. The van der Waals surface area contributed by atoms with Crippen LogP contribution >= 0.6 is 34.4 Å². The third-order valence-electron chi connectivity index (χ3n) is 6.55. The van der Waals surface area contributed by atoms with Crippen LogP contribution in [0.25, 0.3) is 6.08 Å². The number of benzene rings is 5. The zero-order valence-corrected chi connectivity index (χ0v) is 26.7. The lowest BCUT2D eigenvalue weighted by atomic mass is 10.1. The van der Waals surface area contributed by atoms with E-state index in [0.29, 0.717) is 16.9 Å². The topological polar surface area (TPSA) is 87.3 Å². The molecule has 0 bridgehead atoms. The third-order valence-corrected chi connectivity index (χ3v) is 8.54. The molecule has 5 aromatic rings. The van der Waals surface area contributed by atoms with Gasteiger partial charge in [0.2, 0.25) is 5.91 Å². The second-order valence-electron chi connectivity index (χ2n) is 9.78. The van der Waals surface area contributed by atoms with E-state index in [2.05, 4.69) is 38.5 Å². The van der Waals surface area contributed by atoms with E-state index in [-0.39, 0.29) is 17.2 Å². The molecule has 9 heteroatoms. The molecule has 0 saturated carbocycles. The summed E-state index contributed by atoms with van der Waals surface area (Å²) in [5.41, 5.74) is 2.39. The van der Waals surface area contributed by atoms with Gasteiger partial charge in [0.15, 0.2) is 0 Å². The number of hydrogen-bond acceptors (Lipinski definition) is 4. The molecule has 0 spiro atoms. The monoisotopic (exact) mass is 727 g/mol. The second-order valence-corrected chi connectivity index (χ2v) is 12.2. The van der Waals surface area contributed by atoms with Gasteiger partial charge in [0, 0.05) is 31.0 Å². The number of nitrogens with one attached hydrogen (secondary N) is 3. The predicted molar refractivity (Wildman–Crippen MR) is 186 cm³/mol. The van der Waals surface area contributed by atoms with Crippen molar-refractivity contribution in [3.8, 4) is 0 Å². The van der Waals surface area contributed by atoms with Crippen molar-refractivity contribution in [3.05, 3.63) is 165 Å². The Kier molecular flexibility index (Phi) is 10.8. The fraction of sp³-hybridized carbons (Fsp3) is 0.0278. The first-order valence-electron chi connectivity index (χ1n) is 13.9. The first kappa shape index (κ1) is 31.7. The van der Waals surface area contributed by atoms with Gasteiger partial charge >= 0.3 is 0 Å². The average Bonchev–Trinajstić information content (AvgIpc) is 3.06. The Labute approximate surface area is 278 Å². The van der Waals surface area contributed by atoms with E-state index in [1.807, 2.05) is 54.6 Å². The maximum absolute atomic E-state index is 14.4. The van der Waals surface area contributed by atoms with Crippen molar-refractivity contribution < 1.29 is 18.8 Å². The number of carbonyl (C=O) groups excluding carboxylic acids is 3. The summed E-state index contributed by atoms with van der Waals surface area (Å²) < 4.78 is 15.5. The molecule has 5 aromatic carbocycles. The van der Waals surface area contributed by atoms with Crippen molar-refractivity contribution in [3.63, 3.8) is 0 Å². The van der Waals surface area contributed by atoms with Gasteiger partial charge in [-0.1, -0.05) is 66.7 Å². The van der Waals surface area contributed by atoms with Crippen LogP contribution in [0, 0.1) is 9.39 Å². The highest BCUT2D eigenvalue weighted by atomic mass is 127. The van der Waals surface area contributed by atoms with Crippen LogP contribution in [0.5, 0.6) is 0 Å². The quantitative estimate of drug-likeness (QED) is 0.0768. The van der Waals surface area contributed by atoms with E-state index in [1.54, 1.807) is 66.7 Å². The van der Waals surface area contributed by atoms with Crippen LogP contribution in [-0.4, -0.2) is 17.7 Å². The maximum atomic E-state index is 14.4. The first-order valence-corrected chi connectivity index (χ1v) is 15.8. The van der Waals surface area contributed by atoms with E-state index in [9.17, 15) is 18.8 Å². The summed E-state index contributed by atoms with van der Waals surface area (Å²) in [6.45, 7) is 0. The molecule has 0 saturated heterocycles. The number of rotatable bonds is 10. The summed E-state index contributed by atoms with van der Waals surface area (Å²) in [4.78, 5) is 40.4. The summed E-state index contributed by atoms with van der Waals surface area (Å²) in [6.07, 6.45) is 1.30. The minimum Gasteiger partial charge on any atom is -0.325 e. The molecule has 3 N–H and O–H groups in total. The Hall–Kier alpha value is -4.74. The average molecular weight is 728 g/mol. The lowest BCUT2D eigenvalue weighted by Gasteiger charge is -2.17. The minimum absolute atomic E-state index is 0.121. The van der Waals surface area contributed by atoms with Crippen molar-refractivity contribution >= 4 is 69.5 Å². The minimum atomic E-state index is -0.623. The van der Waals surface area contributed by atoms with Crippen LogP contribution in [-0.2, 0) is 9.59 Å². The Balaban J connectivity index is 1.33. The van der Waals surface area contributed by atoms with Gasteiger partial charge in [-0.25, -0.2) is 4.39 Å². The fourth-order valence-electron chi connectivity index (χ4n) is 4.28. The zero-order valence-electron chi connectivity index (χ0n) is 23.7. The Morgan fingerprint density at radius 2 is 1.27 bits per heavy atom. The number of anilines is 2. The molecule has 0 fully saturated rings. The van der Waals surface area contributed by atoms with Gasteiger partial charge in [-0.2, -0.15) is 0 Å². The van der Waals surface area contributed by atoms with Gasteiger partial charge in [-0.15, -0.1) is 11.8 Å². The number of carbonyl (C=O) groups is 3. The van der Waals surface area contributed by atoms with Gasteiger partial charge in [-0.3, -0.25) is 14.4 Å². The van der Waals surface area contributed by atoms with Crippen molar-refractivity contribution in [2.24, 2.45) is 0 Å². The van der Waals surface area contributed by atoms with E-state index in [0.717, 1.165) is 14.0 Å². The number of hydrogen-bond donors (Lipinski definition) is 3. The van der Waals surface area contributed by atoms with Crippen molar-refractivity contribution in [2.75, 3.05) is 10.6 Å². The van der Waals surface area contributed by atoms with Crippen molar-refractivity contribution in [2.45, 2.75) is 10.1 Å². The molecule has 0 aromatic heterocycles. The van der Waals surface area contributed by atoms with E-state index < -0.39 is 22.9 Å². The predicted octanol–water partition coefficient (Wildman–Crippen LogP) is 8.31. The largest absolute Gasteiger partial charge is 0.325 e. The summed E-state index contributed by atoms with van der Waals surface area (Å²) in [5, 5.41) is 7.86. The van der Waals surface area contributed by atoms with Crippen molar-refractivity contribution in [1.29, 1.82) is 0 Å². The van der Waals surface area contributed by atoms with Gasteiger partial charge in [0.05, 0.1) is 0 Å². The van der Waals surface area contributed by atoms with Gasteiger partial charge in [0.25, 0.3) is 11.8 Å². The molecule has 1 unspecified atom stereocenters. The van der Waals surface area contributed by atoms with Crippen LogP contribution in [0.3, 0.4) is 0 Å². The van der Waals surface area contributed by atoms with Crippen LogP contribution in [0.4, 0.5) is 15.8 Å². The Morgan fingerprint density at radius 1 is 0.689 bits per heavy atom. The molecule has 0 heterocycles. The van der Waals surface area contributed by atoms with Crippen LogP contribution in [0.15, 0.2) is 144 Å². The van der Waals surface area contributed by atoms with Crippen LogP contribution < -0.4 is 16.0 Å². The number of thioether (sulfide) groups is 1. The van der Waals surface area contributed by atoms with Gasteiger partial charge < -0.3 is 16.0 Å².